The number of ether oxygens (including phenoxy) is 1. The largest absolute Gasteiger partial charge is 0.471 e. The normalized spacial score (nSPS) is 11.7. The molecular formula is C17H11F3N4O2S. The molecule has 0 saturated carbocycles. The van der Waals surface area contributed by atoms with Crippen LogP contribution in [0.5, 0.6) is 5.75 Å². The summed E-state index contributed by atoms with van der Waals surface area (Å²) in [6.07, 6.45) is -2.81. The van der Waals surface area contributed by atoms with Crippen molar-refractivity contribution in [2.24, 2.45) is 0 Å². The number of aromatic nitrogens is 4. The van der Waals surface area contributed by atoms with E-state index in [0.29, 0.717) is 11.5 Å². The third-order valence-electron chi connectivity index (χ3n) is 3.55. The van der Waals surface area contributed by atoms with Gasteiger partial charge in [0.05, 0.1) is 10.4 Å². The molecule has 0 atom stereocenters. The van der Waals surface area contributed by atoms with Gasteiger partial charge in [-0.1, -0.05) is 17.3 Å². The van der Waals surface area contributed by atoms with Crippen LogP contribution in [-0.4, -0.2) is 19.9 Å². The fourth-order valence-corrected chi connectivity index (χ4v) is 2.93. The monoisotopic (exact) mass is 392 g/mol. The highest BCUT2D eigenvalue weighted by Gasteiger charge is 2.30. The zero-order valence-corrected chi connectivity index (χ0v) is 14.4. The number of nitrogens with zero attached hydrogens (tertiary/aromatic N) is 4. The van der Waals surface area contributed by atoms with Gasteiger partial charge in [-0.05, 0) is 35.7 Å². The maximum absolute atomic E-state index is 12.7. The van der Waals surface area contributed by atoms with Gasteiger partial charge in [0.15, 0.2) is 12.4 Å². The van der Waals surface area contributed by atoms with Crippen LogP contribution < -0.4 is 4.74 Å². The van der Waals surface area contributed by atoms with E-state index >= 15 is 0 Å². The number of hydrogen-bond donors (Lipinski definition) is 0. The van der Waals surface area contributed by atoms with Crippen LogP contribution in [0.15, 0.2) is 58.6 Å². The van der Waals surface area contributed by atoms with E-state index in [-0.39, 0.29) is 18.4 Å². The molecule has 1 aromatic carbocycles. The highest BCUT2D eigenvalue weighted by molar-refractivity contribution is 7.13. The first-order valence-electron chi connectivity index (χ1n) is 7.70. The van der Waals surface area contributed by atoms with Crippen molar-refractivity contribution in [2.75, 3.05) is 0 Å². The zero-order valence-electron chi connectivity index (χ0n) is 13.6. The summed E-state index contributed by atoms with van der Waals surface area (Å²) in [4.78, 5) is 5.16. The summed E-state index contributed by atoms with van der Waals surface area (Å²) in [6.45, 7) is -0.0623. The summed E-state index contributed by atoms with van der Waals surface area (Å²) < 4.78 is 50.2. The SMILES string of the molecule is FC(F)(F)c1cccc(OCn2ccc(-c3nc(-c4cccs4)no3)n2)c1. The van der Waals surface area contributed by atoms with E-state index in [1.807, 2.05) is 17.5 Å². The lowest BCUT2D eigenvalue weighted by Crippen LogP contribution is -2.08. The first-order valence-corrected chi connectivity index (χ1v) is 8.58. The lowest BCUT2D eigenvalue weighted by molar-refractivity contribution is -0.137. The molecule has 27 heavy (non-hydrogen) atoms. The van der Waals surface area contributed by atoms with E-state index in [1.54, 1.807) is 12.3 Å². The van der Waals surface area contributed by atoms with Gasteiger partial charge in [-0.15, -0.1) is 11.3 Å². The van der Waals surface area contributed by atoms with Crippen molar-refractivity contribution >= 4 is 11.3 Å². The zero-order chi connectivity index (χ0) is 18.9. The molecule has 4 rings (SSSR count). The van der Waals surface area contributed by atoms with Crippen molar-refractivity contribution in [1.29, 1.82) is 0 Å². The minimum Gasteiger partial charge on any atom is -0.471 e. The summed E-state index contributed by atoms with van der Waals surface area (Å²) >= 11 is 1.49. The number of thiophene rings is 1. The summed E-state index contributed by atoms with van der Waals surface area (Å²) in [7, 11) is 0. The first-order chi connectivity index (χ1) is 13.0. The average Bonchev–Trinajstić information content (AvgIpc) is 3.39. The van der Waals surface area contributed by atoms with Crippen LogP contribution in [0.3, 0.4) is 0 Å². The third-order valence-corrected chi connectivity index (χ3v) is 4.42. The van der Waals surface area contributed by atoms with Gasteiger partial charge in [0.1, 0.15) is 5.75 Å². The average molecular weight is 392 g/mol. The van der Waals surface area contributed by atoms with Crippen molar-refractivity contribution in [1.82, 2.24) is 19.9 Å². The van der Waals surface area contributed by atoms with E-state index in [9.17, 15) is 13.2 Å². The molecule has 4 aromatic rings. The number of hydrogen-bond acceptors (Lipinski definition) is 6. The minimum absolute atomic E-state index is 0.0623. The second-order valence-corrected chi connectivity index (χ2v) is 6.39. The predicted molar refractivity (Wildman–Crippen MR) is 90.9 cm³/mol. The number of halogens is 3. The molecule has 6 nitrogen and oxygen atoms in total. The van der Waals surface area contributed by atoms with Gasteiger partial charge >= 0.3 is 6.18 Å². The maximum atomic E-state index is 12.7. The van der Waals surface area contributed by atoms with E-state index in [1.165, 1.54) is 28.2 Å². The lowest BCUT2D eigenvalue weighted by Gasteiger charge is -2.10. The predicted octanol–water partition coefficient (Wildman–Crippen LogP) is 4.72. The number of rotatable bonds is 5. The van der Waals surface area contributed by atoms with E-state index < -0.39 is 11.7 Å². The molecule has 0 radical (unpaired) electrons. The Morgan fingerprint density at radius 1 is 1.15 bits per heavy atom. The van der Waals surface area contributed by atoms with Crippen LogP contribution in [-0.2, 0) is 12.9 Å². The summed E-state index contributed by atoms with van der Waals surface area (Å²) in [5, 5.41) is 10.1. The van der Waals surface area contributed by atoms with Gasteiger partial charge in [-0.2, -0.15) is 23.3 Å². The Morgan fingerprint density at radius 2 is 2.04 bits per heavy atom. The van der Waals surface area contributed by atoms with Gasteiger partial charge in [-0.3, -0.25) is 0 Å². The quantitative estimate of drug-likeness (QED) is 0.492. The van der Waals surface area contributed by atoms with Gasteiger partial charge in [0, 0.05) is 6.20 Å². The Hall–Kier alpha value is -3.14. The molecule has 3 heterocycles. The molecule has 3 aromatic heterocycles. The highest BCUT2D eigenvalue weighted by Crippen LogP contribution is 2.31. The van der Waals surface area contributed by atoms with Crippen molar-refractivity contribution in [3.63, 3.8) is 0 Å². The standard InChI is InChI=1S/C17H11F3N4O2S/c18-17(19,20)11-3-1-4-12(9-11)25-10-24-7-6-13(22-24)16-21-15(23-26-16)14-5-2-8-27-14/h1-9H,10H2. The van der Waals surface area contributed by atoms with Gasteiger partial charge in [0.25, 0.3) is 5.89 Å². The summed E-state index contributed by atoms with van der Waals surface area (Å²) in [6, 6.07) is 10.1. The Balaban J connectivity index is 1.45. The van der Waals surface area contributed by atoms with Crippen molar-refractivity contribution in [2.45, 2.75) is 12.9 Å². The number of alkyl halides is 3. The Bertz CT molecular complexity index is 1040. The molecule has 0 saturated heterocycles. The fourth-order valence-electron chi connectivity index (χ4n) is 2.28. The molecule has 10 heteroatoms. The second-order valence-electron chi connectivity index (χ2n) is 5.44. The van der Waals surface area contributed by atoms with Crippen molar-refractivity contribution < 1.29 is 22.4 Å². The fraction of sp³-hybridized carbons (Fsp3) is 0.118. The van der Waals surface area contributed by atoms with E-state index in [4.69, 9.17) is 9.26 Å². The third kappa shape index (κ3) is 3.85. The van der Waals surface area contributed by atoms with Crippen LogP contribution >= 0.6 is 11.3 Å². The minimum atomic E-state index is -4.42. The van der Waals surface area contributed by atoms with E-state index in [0.717, 1.165) is 17.0 Å². The van der Waals surface area contributed by atoms with Gasteiger partial charge < -0.3 is 9.26 Å². The van der Waals surface area contributed by atoms with Crippen molar-refractivity contribution in [3.05, 3.63) is 59.6 Å². The molecule has 0 aliphatic rings. The summed E-state index contributed by atoms with van der Waals surface area (Å²) in [5.41, 5.74) is -0.328. The Kier molecular flexibility index (Phi) is 4.40. The molecule has 138 valence electrons. The Labute approximate surface area is 154 Å². The molecule has 0 amide bonds. The second kappa shape index (κ2) is 6.88. The molecule has 0 bridgehead atoms. The smallest absolute Gasteiger partial charge is 0.416 e. The van der Waals surface area contributed by atoms with Gasteiger partial charge in [0.2, 0.25) is 5.82 Å². The van der Waals surface area contributed by atoms with Crippen LogP contribution in [0.4, 0.5) is 13.2 Å². The maximum Gasteiger partial charge on any atom is 0.416 e. The van der Waals surface area contributed by atoms with Crippen LogP contribution in [0.2, 0.25) is 0 Å². The molecule has 0 aliphatic heterocycles. The van der Waals surface area contributed by atoms with Gasteiger partial charge in [-0.25, -0.2) is 4.68 Å². The van der Waals surface area contributed by atoms with Crippen LogP contribution in [0, 0.1) is 0 Å². The number of benzene rings is 1. The Morgan fingerprint density at radius 3 is 2.81 bits per heavy atom. The highest BCUT2D eigenvalue weighted by atomic mass is 32.1. The van der Waals surface area contributed by atoms with Crippen LogP contribution in [0.25, 0.3) is 22.3 Å². The first kappa shape index (κ1) is 17.3. The topological polar surface area (TPSA) is 66.0 Å². The molecular weight excluding hydrogens is 381 g/mol. The molecule has 0 spiro atoms. The molecule has 0 aliphatic carbocycles. The molecule has 0 fully saturated rings. The summed E-state index contributed by atoms with van der Waals surface area (Å²) in [5.74, 6) is 0.811. The molecule has 0 N–H and O–H groups in total. The van der Waals surface area contributed by atoms with Crippen LogP contribution in [0.1, 0.15) is 5.56 Å². The van der Waals surface area contributed by atoms with E-state index in [2.05, 4.69) is 15.2 Å². The lowest BCUT2D eigenvalue weighted by atomic mass is 10.2. The van der Waals surface area contributed by atoms with Crippen molar-refractivity contribution in [3.8, 4) is 28.0 Å². The molecule has 0 unspecified atom stereocenters.